The first-order valence-corrected chi connectivity index (χ1v) is 6.69. The van der Waals surface area contributed by atoms with Crippen molar-refractivity contribution in [1.29, 1.82) is 0 Å². The van der Waals surface area contributed by atoms with Gasteiger partial charge in [0.15, 0.2) is 11.0 Å². The van der Waals surface area contributed by atoms with Crippen LogP contribution in [0.5, 0.6) is 0 Å². The third-order valence-corrected chi connectivity index (χ3v) is 3.52. The number of hydrogen-bond acceptors (Lipinski definition) is 5. The van der Waals surface area contributed by atoms with E-state index in [0.717, 1.165) is 23.9 Å². The van der Waals surface area contributed by atoms with Crippen LogP contribution in [0, 0.1) is 25.5 Å². The molecule has 0 saturated heterocycles. The van der Waals surface area contributed by atoms with E-state index in [-0.39, 0.29) is 21.5 Å². The van der Waals surface area contributed by atoms with Gasteiger partial charge in [-0.1, -0.05) is 5.16 Å². The highest BCUT2D eigenvalue weighted by Crippen LogP contribution is 2.31. The zero-order valence-corrected chi connectivity index (χ0v) is 12.1. The second-order valence-electron chi connectivity index (χ2n) is 4.29. The van der Waals surface area contributed by atoms with Crippen molar-refractivity contribution in [3.8, 4) is 0 Å². The lowest BCUT2D eigenvalue weighted by Crippen LogP contribution is -2.14. The Labute approximate surface area is 123 Å². The zero-order chi connectivity index (χ0) is 15.6. The van der Waals surface area contributed by atoms with Gasteiger partial charge in [-0.15, -0.1) is 0 Å². The van der Waals surface area contributed by atoms with Crippen molar-refractivity contribution in [2.75, 3.05) is 0 Å². The Balaban J connectivity index is 2.41. The topological polar surface area (TPSA) is 84.4 Å². The molecule has 110 valence electrons. The number of benzene rings is 1. The molecule has 8 heteroatoms. The number of aromatic nitrogens is 2. The Bertz CT molecular complexity index is 678. The molecule has 0 bridgehead atoms. The summed E-state index contributed by atoms with van der Waals surface area (Å²) >= 11 is 0.782. The van der Waals surface area contributed by atoms with Crippen LogP contribution in [0.25, 0.3) is 0 Å². The van der Waals surface area contributed by atoms with Crippen LogP contribution in [0.15, 0.2) is 33.4 Å². The van der Waals surface area contributed by atoms with Crippen molar-refractivity contribution < 1.29 is 14.0 Å². The van der Waals surface area contributed by atoms with Gasteiger partial charge in [-0.2, -0.15) is 0 Å². The highest BCUT2D eigenvalue weighted by Gasteiger charge is 2.16. The normalized spacial score (nSPS) is 11.7. The summed E-state index contributed by atoms with van der Waals surface area (Å²) < 4.78 is 28.0. The van der Waals surface area contributed by atoms with Gasteiger partial charge in [0.2, 0.25) is 0 Å². The van der Waals surface area contributed by atoms with Gasteiger partial charge in [-0.3, -0.25) is 0 Å². The van der Waals surface area contributed by atoms with Crippen molar-refractivity contribution in [3.63, 3.8) is 0 Å². The minimum Gasteiger partial charge on any atom is -0.409 e. The second kappa shape index (κ2) is 6.04. The highest BCUT2D eigenvalue weighted by molar-refractivity contribution is 7.99. The van der Waals surface area contributed by atoms with Gasteiger partial charge in [-0.05, 0) is 43.8 Å². The lowest BCUT2D eigenvalue weighted by molar-refractivity contribution is 0.318. The molecule has 5 nitrogen and oxygen atoms in total. The Kier molecular flexibility index (Phi) is 4.37. The predicted molar refractivity (Wildman–Crippen MR) is 74.5 cm³/mol. The van der Waals surface area contributed by atoms with Crippen LogP contribution in [0.4, 0.5) is 8.78 Å². The first-order valence-electron chi connectivity index (χ1n) is 5.87. The molecular weight excluding hydrogens is 298 g/mol. The van der Waals surface area contributed by atoms with Crippen molar-refractivity contribution in [1.82, 2.24) is 9.97 Å². The summed E-state index contributed by atoms with van der Waals surface area (Å²) in [6.07, 6.45) is 0. The maximum Gasteiger partial charge on any atom is 0.193 e. The Morgan fingerprint density at radius 1 is 1.14 bits per heavy atom. The van der Waals surface area contributed by atoms with E-state index in [9.17, 15) is 8.78 Å². The molecule has 0 radical (unpaired) electrons. The maximum absolute atomic E-state index is 14.0. The Morgan fingerprint density at radius 2 is 1.67 bits per heavy atom. The fourth-order valence-corrected chi connectivity index (χ4v) is 2.57. The summed E-state index contributed by atoms with van der Waals surface area (Å²) in [5, 5.41) is 11.5. The van der Waals surface area contributed by atoms with Crippen LogP contribution >= 0.6 is 11.8 Å². The Hall–Kier alpha value is -2.22. The highest BCUT2D eigenvalue weighted by atomic mass is 32.2. The van der Waals surface area contributed by atoms with Gasteiger partial charge in [0.25, 0.3) is 0 Å². The summed E-state index contributed by atoms with van der Waals surface area (Å²) in [5.41, 5.74) is 6.68. The molecule has 2 rings (SSSR count). The molecule has 1 heterocycles. The summed E-state index contributed by atoms with van der Waals surface area (Å²) in [7, 11) is 0. The average Bonchev–Trinajstić information content (AvgIpc) is 2.40. The first kappa shape index (κ1) is 15.2. The molecule has 0 fully saturated rings. The second-order valence-corrected chi connectivity index (χ2v) is 5.27. The summed E-state index contributed by atoms with van der Waals surface area (Å²) in [6.45, 7) is 3.54. The molecule has 0 atom stereocenters. The van der Waals surface area contributed by atoms with E-state index in [0.29, 0.717) is 11.4 Å². The summed E-state index contributed by atoms with van der Waals surface area (Å²) in [4.78, 5) is 7.99. The monoisotopic (exact) mass is 310 g/mol. The Morgan fingerprint density at radius 3 is 2.14 bits per heavy atom. The van der Waals surface area contributed by atoms with E-state index >= 15 is 0 Å². The molecule has 1 aromatic heterocycles. The van der Waals surface area contributed by atoms with Crippen molar-refractivity contribution in [2.24, 2.45) is 10.9 Å². The summed E-state index contributed by atoms with van der Waals surface area (Å²) in [5.74, 6) is -2.03. The molecular formula is C13H12F2N4OS. The van der Waals surface area contributed by atoms with Crippen LogP contribution in [0.1, 0.15) is 17.0 Å². The molecule has 1 aromatic carbocycles. The maximum atomic E-state index is 14.0. The van der Waals surface area contributed by atoms with Gasteiger partial charge < -0.3 is 10.9 Å². The standard InChI is InChI=1S/C13H12F2N4OS/c1-6-3-7(2)18-13(17-6)21-11-9(14)4-8(5-10(11)15)12(16)19-20/h3-5,20H,1-2H3,(H2,16,19). The molecule has 0 unspecified atom stereocenters. The van der Waals surface area contributed by atoms with Crippen molar-refractivity contribution in [3.05, 3.63) is 46.8 Å². The first-order chi connectivity index (χ1) is 9.90. The largest absolute Gasteiger partial charge is 0.409 e. The van der Waals surface area contributed by atoms with Gasteiger partial charge in [-0.25, -0.2) is 18.7 Å². The zero-order valence-electron chi connectivity index (χ0n) is 11.3. The van der Waals surface area contributed by atoms with Crippen LogP contribution < -0.4 is 5.73 Å². The number of nitrogens with two attached hydrogens (primary N) is 1. The van der Waals surface area contributed by atoms with E-state index < -0.39 is 11.6 Å². The third-order valence-electron chi connectivity index (χ3n) is 2.56. The number of aryl methyl sites for hydroxylation is 2. The lowest BCUT2D eigenvalue weighted by atomic mass is 10.2. The predicted octanol–water partition coefficient (Wildman–Crippen LogP) is 2.62. The fraction of sp³-hybridized carbons (Fsp3) is 0.154. The molecule has 0 spiro atoms. The van der Waals surface area contributed by atoms with E-state index in [4.69, 9.17) is 10.9 Å². The quantitative estimate of drug-likeness (QED) is 0.299. The molecule has 0 amide bonds. The van der Waals surface area contributed by atoms with E-state index in [1.165, 1.54) is 0 Å². The number of hydrogen-bond donors (Lipinski definition) is 2. The van der Waals surface area contributed by atoms with Gasteiger partial charge in [0, 0.05) is 17.0 Å². The van der Waals surface area contributed by atoms with Crippen LogP contribution in [-0.2, 0) is 0 Å². The van der Waals surface area contributed by atoms with Crippen LogP contribution in [0.3, 0.4) is 0 Å². The third kappa shape index (κ3) is 3.46. The minimum absolute atomic E-state index is 0.0433. The molecule has 3 N–H and O–H groups in total. The fourth-order valence-electron chi connectivity index (χ4n) is 1.69. The van der Waals surface area contributed by atoms with Gasteiger partial charge >= 0.3 is 0 Å². The number of nitrogens with zero attached hydrogens (tertiary/aromatic N) is 3. The number of rotatable bonds is 3. The molecule has 2 aromatic rings. The molecule has 0 aliphatic rings. The number of amidine groups is 1. The van der Waals surface area contributed by atoms with Crippen LogP contribution in [-0.4, -0.2) is 21.0 Å². The van der Waals surface area contributed by atoms with E-state index in [2.05, 4.69) is 15.1 Å². The molecule has 0 aliphatic carbocycles. The minimum atomic E-state index is -0.829. The smallest absolute Gasteiger partial charge is 0.193 e. The molecule has 0 aliphatic heterocycles. The van der Waals surface area contributed by atoms with Crippen molar-refractivity contribution in [2.45, 2.75) is 23.9 Å². The molecule has 0 saturated carbocycles. The van der Waals surface area contributed by atoms with E-state index in [1.807, 2.05) is 0 Å². The van der Waals surface area contributed by atoms with Gasteiger partial charge in [0.1, 0.15) is 11.6 Å². The van der Waals surface area contributed by atoms with Crippen molar-refractivity contribution >= 4 is 17.6 Å². The SMILES string of the molecule is Cc1cc(C)nc(Sc2c(F)cc(/C(N)=N/O)cc2F)n1. The van der Waals surface area contributed by atoms with Gasteiger partial charge in [0.05, 0.1) is 4.90 Å². The summed E-state index contributed by atoms with van der Waals surface area (Å²) in [6, 6.07) is 3.74. The lowest BCUT2D eigenvalue weighted by Gasteiger charge is -2.07. The van der Waals surface area contributed by atoms with Crippen LogP contribution in [0.2, 0.25) is 0 Å². The van der Waals surface area contributed by atoms with E-state index in [1.54, 1.807) is 19.9 Å². The number of halogens is 2. The molecule has 21 heavy (non-hydrogen) atoms. The number of oxime groups is 1. The average molecular weight is 310 g/mol.